The van der Waals surface area contributed by atoms with Crippen LogP contribution in [0.25, 0.3) is 61.0 Å². The van der Waals surface area contributed by atoms with Crippen LogP contribution < -0.4 is 5.32 Å². The first kappa shape index (κ1) is 38.3. The average molecular weight is 879 g/mol. The molecule has 3 heteroatoms. The molecule has 1 aliphatic heterocycles. The highest BCUT2D eigenvalue weighted by molar-refractivity contribution is 6.09. The molecule has 1 aromatic heterocycles. The van der Waals surface area contributed by atoms with Crippen molar-refractivity contribution >= 4 is 33.5 Å². The standard InChI is InChI=1S/C66H42N2O/c1-3-18-41(19-4-1)43-22-17-23-45(36-43)64-67-60(42-20-5-2-6-21-42)40-61(68-64)44-34-35-54-49(37-44)50-39-63-51(48-26-9-16-33-62(48)69-63)38-59(50)66(54)57-31-14-12-29-55(57)65(56-30-13-15-32-58(56)66)52-27-10-7-24-46(52)47-25-8-11-28-53(47)65/h1-40,61H,(H,67,68). The summed E-state index contributed by atoms with van der Waals surface area (Å²) >= 11 is 0. The van der Waals surface area contributed by atoms with Crippen molar-refractivity contribution in [2.24, 2.45) is 4.99 Å². The molecule has 15 rings (SSSR count). The highest BCUT2D eigenvalue weighted by Crippen LogP contribution is 2.68. The lowest BCUT2D eigenvalue weighted by molar-refractivity contribution is 0.632. The predicted octanol–water partition coefficient (Wildman–Crippen LogP) is 15.4. The van der Waals surface area contributed by atoms with Crippen molar-refractivity contribution in [3.63, 3.8) is 0 Å². The highest BCUT2D eigenvalue weighted by atomic mass is 16.3. The topological polar surface area (TPSA) is 37.5 Å². The Morgan fingerprint density at radius 2 is 0.870 bits per heavy atom. The first-order valence-electron chi connectivity index (χ1n) is 24.0. The second-order valence-corrected chi connectivity index (χ2v) is 18.9. The van der Waals surface area contributed by atoms with E-state index in [0.29, 0.717) is 0 Å². The Balaban J connectivity index is 0.983. The molecule has 1 unspecified atom stereocenters. The number of nitrogens with zero attached hydrogens (tertiary/aromatic N) is 1. The second kappa shape index (κ2) is 14.4. The van der Waals surface area contributed by atoms with E-state index in [2.05, 4.69) is 248 Å². The summed E-state index contributed by atoms with van der Waals surface area (Å²) in [7, 11) is 0. The number of furan rings is 1. The zero-order valence-electron chi connectivity index (χ0n) is 37.5. The van der Waals surface area contributed by atoms with Gasteiger partial charge < -0.3 is 9.73 Å². The van der Waals surface area contributed by atoms with Crippen LogP contribution in [0.2, 0.25) is 0 Å². The maximum Gasteiger partial charge on any atom is 0.136 e. The number of fused-ring (bicyclic) bond motifs is 19. The minimum absolute atomic E-state index is 0.172. The number of hydrogen-bond acceptors (Lipinski definition) is 3. The zero-order chi connectivity index (χ0) is 45.3. The Labute approximate surface area is 400 Å². The van der Waals surface area contributed by atoms with Gasteiger partial charge in [0.25, 0.3) is 0 Å². The molecule has 0 amide bonds. The fourth-order valence-electron chi connectivity index (χ4n) is 12.8. The molecule has 11 aromatic rings. The van der Waals surface area contributed by atoms with Crippen LogP contribution in [0.1, 0.15) is 67.2 Å². The molecular weight excluding hydrogens is 837 g/mol. The van der Waals surface area contributed by atoms with Gasteiger partial charge in [-0.25, -0.2) is 4.99 Å². The summed E-state index contributed by atoms with van der Waals surface area (Å²) in [5, 5.41) is 6.19. The molecule has 1 atom stereocenters. The molecule has 4 aliphatic rings. The van der Waals surface area contributed by atoms with E-state index in [9.17, 15) is 0 Å². The molecule has 2 spiro atoms. The first-order chi connectivity index (χ1) is 34.2. The van der Waals surface area contributed by atoms with Gasteiger partial charge in [0.05, 0.1) is 22.6 Å². The van der Waals surface area contributed by atoms with E-state index < -0.39 is 10.8 Å². The van der Waals surface area contributed by atoms with E-state index in [4.69, 9.17) is 9.41 Å². The van der Waals surface area contributed by atoms with Crippen LogP contribution >= 0.6 is 0 Å². The van der Waals surface area contributed by atoms with E-state index >= 15 is 0 Å². The Kier molecular flexibility index (Phi) is 7.98. The Morgan fingerprint density at radius 1 is 0.348 bits per heavy atom. The summed E-state index contributed by atoms with van der Waals surface area (Å²) in [6, 6.07) is 87.1. The smallest absolute Gasteiger partial charge is 0.136 e. The van der Waals surface area contributed by atoms with Gasteiger partial charge in [-0.05, 0) is 125 Å². The molecular formula is C66H42N2O. The van der Waals surface area contributed by atoms with Gasteiger partial charge in [-0.15, -0.1) is 0 Å². The number of hydrogen-bond donors (Lipinski definition) is 1. The van der Waals surface area contributed by atoms with Gasteiger partial charge in [-0.2, -0.15) is 0 Å². The summed E-state index contributed by atoms with van der Waals surface area (Å²) < 4.78 is 6.74. The van der Waals surface area contributed by atoms with Crippen molar-refractivity contribution in [2.75, 3.05) is 0 Å². The molecule has 0 saturated heterocycles. The summed E-state index contributed by atoms with van der Waals surface area (Å²) in [5.74, 6) is 0.845. The van der Waals surface area contributed by atoms with Gasteiger partial charge in [0.2, 0.25) is 0 Å². The Hall–Kier alpha value is -8.79. The van der Waals surface area contributed by atoms with Gasteiger partial charge in [-0.1, -0.05) is 206 Å². The fourth-order valence-corrected chi connectivity index (χ4v) is 12.8. The fraction of sp³-hybridized carbons (Fsp3) is 0.0455. The Bertz CT molecular complexity index is 3910. The van der Waals surface area contributed by atoms with Gasteiger partial charge >= 0.3 is 0 Å². The number of rotatable bonds is 4. The summed E-state index contributed by atoms with van der Waals surface area (Å²) in [5.41, 5.74) is 22.7. The van der Waals surface area contributed by atoms with Crippen molar-refractivity contribution < 1.29 is 4.42 Å². The largest absolute Gasteiger partial charge is 0.456 e. The summed E-state index contributed by atoms with van der Waals surface area (Å²) in [4.78, 5) is 5.34. The SMILES string of the molecule is C1=C(c2ccccc2)N=C(c2cccc(-c3ccccc3)c2)NC1c1ccc2c(c1)-c1cc3oc4ccccc4c3cc1C21c2ccccc2C2(c3ccccc3-c3ccccc32)c2ccccc21. The predicted molar refractivity (Wildman–Crippen MR) is 281 cm³/mol. The number of nitrogens with one attached hydrogen (secondary N) is 1. The van der Waals surface area contributed by atoms with Crippen LogP contribution in [-0.4, -0.2) is 5.84 Å². The third kappa shape index (κ3) is 5.19. The van der Waals surface area contributed by atoms with Crippen molar-refractivity contribution in [3.8, 4) is 33.4 Å². The molecule has 3 nitrogen and oxygen atoms in total. The molecule has 322 valence electrons. The minimum Gasteiger partial charge on any atom is -0.456 e. The highest BCUT2D eigenvalue weighted by Gasteiger charge is 2.59. The number of amidine groups is 1. The van der Waals surface area contributed by atoms with Crippen LogP contribution in [-0.2, 0) is 10.8 Å². The quantitative estimate of drug-likeness (QED) is 0.191. The van der Waals surface area contributed by atoms with E-state index in [1.807, 2.05) is 0 Å². The monoisotopic (exact) mass is 878 g/mol. The van der Waals surface area contributed by atoms with Crippen LogP contribution in [0.3, 0.4) is 0 Å². The molecule has 0 bridgehead atoms. The molecule has 0 radical (unpaired) electrons. The molecule has 1 N–H and O–H groups in total. The van der Waals surface area contributed by atoms with Gasteiger partial charge in [-0.3, -0.25) is 0 Å². The van der Waals surface area contributed by atoms with Crippen LogP contribution in [0.15, 0.2) is 252 Å². The summed E-state index contributed by atoms with van der Waals surface area (Å²) in [6.45, 7) is 0. The molecule has 10 aromatic carbocycles. The third-order valence-corrected chi connectivity index (χ3v) is 15.6. The molecule has 0 fully saturated rings. The van der Waals surface area contributed by atoms with Crippen LogP contribution in [0, 0.1) is 0 Å². The van der Waals surface area contributed by atoms with Crippen LogP contribution in [0.4, 0.5) is 0 Å². The van der Waals surface area contributed by atoms with E-state index in [0.717, 1.165) is 55.7 Å². The third-order valence-electron chi connectivity index (χ3n) is 15.6. The maximum absolute atomic E-state index is 6.74. The molecule has 2 heterocycles. The molecule has 69 heavy (non-hydrogen) atoms. The van der Waals surface area contributed by atoms with Crippen molar-refractivity contribution in [1.29, 1.82) is 0 Å². The number of para-hydroxylation sites is 1. The average Bonchev–Trinajstić information content (AvgIpc) is 4.04. The lowest BCUT2D eigenvalue weighted by Crippen LogP contribution is -2.43. The van der Waals surface area contributed by atoms with Crippen LogP contribution in [0.5, 0.6) is 0 Å². The van der Waals surface area contributed by atoms with Crippen molar-refractivity contribution in [1.82, 2.24) is 5.32 Å². The zero-order valence-corrected chi connectivity index (χ0v) is 37.5. The number of benzene rings is 10. The van der Waals surface area contributed by atoms with Gasteiger partial charge in [0.15, 0.2) is 0 Å². The Morgan fingerprint density at radius 3 is 1.55 bits per heavy atom. The van der Waals surface area contributed by atoms with Crippen molar-refractivity contribution in [3.05, 3.63) is 304 Å². The lowest BCUT2D eigenvalue weighted by atomic mass is 9.52. The van der Waals surface area contributed by atoms with Crippen molar-refractivity contribution in [2.45, 2.75) is 16.9 Å². The summed E-state index contributed by atoms with van der Waals surface area (Å²) in [6.07, 6.45) is 2.29. The van der Waals surface area contributed by atoms with E-state index in [1.165, 1.54) is 72.3 Å². The van der Waals surface area contributed by atoms with E-state index in [-0.39, 0.29) is 6.04 Å². The maximum atomic E-state index is 6.74. The minimum atomic E-state index is -0.643. The number of aliphatic imine (C=N–C) groups is 1. The first-order valence-corrected chi connectivity index (χ1v) is 24.0. The lowest BCUT2D eigenvalue weighted by Gasteiger charge is -2.48. The normalized spacial score (nSPS) is 16.2. The molecule has 0 saturated carbocycles. The van der Waals surface area contributed by atoms with Gasteiger partial charge in [0, 0.05) is 16.3 Å². The second-order valence-electron chi connectivity index (χ2n) is 18.9. The van der Waals surface area contributed by atoms with Gasteiger partial charge in [0.1, 0.15) is 17.0 Å². The van der Waals surface area contributed by atoms with E-state index in [1.54, 1.807) is 0 Å². The molecule has 3 aliphatic carbocycles.